The van der Waals surface area contributed by atoms with Crippen molar-refractivity contribution < 1.29 is 23.5 Å². The van der Waals surface area contributed by atoms with E-state index in [2.05, 4.69) is 15.6 Å². The molecule has 1 heterocycles. The molecular weight excluding hydrogens is 502 g/mol. The number of rotatable bonds is 13. The summed E-state index contributed by atoms with van der Waals surface area (Å²) < 4.78 is 11.4. The van der Waals surface area contributed by atoms with Crippen molar-refractivity contribution in [3.8, 4) is 0 Å². The molecule has 0 bridgehead atoms. The van der Waals surface area contributed by atoms with Crippen LogP contribution in [-0.2, 0) is 14.3 Å². The van der Waals surface area contributed by atoms with Gasteiger partial charge in [-0.1, -0.05) is 80.4 Å². The summed E-state index contributed by atoms with van der Waals surface area (Å²) in [5.74, 6) is -0.665. The first-order valence-electron chi connectivity index (χ1n) is 13.2. The van der Waals surface area contributed by atoms with E-state index in [0.717, 1.165) is 42.3 Å². The highest BCUT2D eigenvalue weighted by Gasteiger charge is 2.39. The van der Waals surface area contributed by atoms with Gasteiger partial charge in [0.25, 0.3) is 11.1 Å². The van der Waals surface area contributed by atoms with Crippen molar-refractivity contribution in [2.45, 2.75) is 69.7 Å². The van der Waals surface area contributed by atoms with Crippen LogP contribution in [0.4, 0.5) is 4.79 Å². The molecule has 0 unspecified atom stereocenters. The summed E-state index contributed by atoms with van der Waals surface area (Å²) in [6.07, 6.45) is 4.16. The molecule has 0 radical (unpaired) electrons. The summed E-state index contributed by atoms with van der Waals surface area (Å²) in [4.78, 5) is 42.9. The molecule has 0 saturated heterocycles. The number of carbonyl (C=O) groups excluding carboxylic acids is 3. The molecule has 3 aromatic rings. The number of hydrogen-bond donors (Lipinski definition) is 2. The fraction of sp³-hybridized carbons (Fsp3) is 0.448. The minimum absolute atomic E-state index is 0.159. The molecule has 2 aromatic carbocycles. The van der Waals surface area contributed by atoms with E-state index in [1.807, 2.05) is 68.4 Å². The number of Topliss-reactive ketones (excluding diaryl/α,β-unsaturated/α-hetero) is 1. The number of nitrogens with one attached hydrogen (secondary N) is 2. The second-order valence-electron chi connectivity index (χ2n) is 9.98. The number of alkyl carbamates (subject to hydrolysis) is 1. The van der Waals surface area contributed by atoms with E-state index >= 15 is 0 Å². The quantitative estimate of drug-likeness (QED) is 0.209. The average Bonchev–Trinajstić information content (AvgIpc) is 3.33. The van der Waals surface area contributed by atoms with Gasteiger partial charge in [-0.15, -0.1) is 0 Å². The first-order valence-corrected chi connectivity index (χ1v) is 14.2. The number of unbranched alkanes of at least 4 members (excludes halogenated alkanes) is 1. The summed E-state index contributed by atoms with van der Waals surface area (Å²) >= 11 is 1.52. The van der Waals surface area contributed by atoms with Crippen LogP contribution in [0.25, 0.3) is 11.1 Å². The van der Waals surface area contributed by atoms with Gasteiger partial charge in [-0.05, 0) is 43.9 Å². The number of fused-ring (bicyclic) bond motifs is 1. The second kappa shape index (κ2) is 13.0. The van der Waals surface area contributed by atoms with E-state index in [9.17, 15) is 14.4 Å². The van der Waals surface area contributed by atoms with E-state index in [1.165, 1.54) is 11.8 Å². The summed E-state index contributed by atoms with van der Waals surface area (Å²) in [5, 5.41) is 5.99. The molecule has 4 rings (SSSR count). The molecule has 1 fully saturated rings. The zero-order chi connectivity index (χ0) is 27.0. The van der Waals surface area contributed by atoms with Crippen LogP contribution < -0.4 is 10.6 Å². The molecule has 2 amide bonds. The van der Waals surface area contributed by atoms with Gasteiger partial charge in [0.05, 0.1) is 12.6 Å². The Morgan fingerprint density at radius 2 is 1.82 bits per heavy atom. The minimum atomic E-state index is -0.933. The molecule has 202 valence electrons. The van der Waals surface area contributed by atoms with E-state index in [-0.39, 0.29) is 18.1 Å². The van der Waals surface area contributed by atoms with Gasteiger partial charge in [-0.2, -0.15) is 0 Å². The molecule has 2 atom stereocenters. The predicted octanol–water partition coefficient (Wildman–Crippen LogP) is 5.82. The molecule has 1 aliphatic carbocycles. The zero-order valence-electron chi connectivity index (χ0n) is 21.9. The second-order valence-corrected chi connectivity index (χ2v) is 10.9. The SMILES string of the molecule is CCCC[C@H](NC(=O)OCC1(CSc2nc3ccccc3o2)CCC1)C(=O)C(=O)N[C@H](C)c1ccccc1. The number of nitrogens with zero attached hydrogens (tertiary/aromatic N) is 1. The maximum Gasteiger partial charge on any atom is 0.407 e. The summed E-state index contributed by atoms with van der Waals surface area (Å²) in [5.41, 5.74) is 2.30. The van der Waals surface area contributed by atoms with Gasteiger partial charge in [0.1, 0.15) is 11.6 Å². The number of thioether (sulfide) groups is 1. The Bertz CT molecular complexity index is 1210. The highest BCUT2D eigenvalue weighted by atomic mass is 32.2. The summed E-state index contributed by atoms with van der Waals surface area (Å²) in [7, 11) is 0. The first kappa shape index (κ1) is 27.7. The highest BCUT2D eigenvalue weighted by Crippen LogP contribution is 2.45. The monoisotopic (exact) mass is 537 g/mol. The normalized spacial score (nSPS) is 15.7. The smallest absolute Gasteiger partial charge is 0.407 e. The Morgan fingerprint density at radius 1 is 1.08 bits per heavy atom. The molecule has 38 heavy (non-hydrogen) atoms. The van der Waals surface area contributed by atoms with Crippen LogP contribution >= 0.6 is 11.8 Å². The Balaban J connectivity index is 1.29. The van der Waals surface area contributed by atoms with Crippen LogP contribution in [0, 0.1) is 5.41 Å². The van der Waals surface area contributed by atoms with Crippen molar-refractivity contribution in [3.05, 3.63) is 60.2 Å². The third kappa shape index (κ3) is 7.16. The van der Waals surface area contributed by atoms with Gasteiger partial charge in [-0.3, -0.25) is 9.59 Å². The van der Waals surface area contributed by atoms with Crippen LogP contribution in [0.1, 0.15) is 64.0 Å². The number of hydrogen-bond acceptors (Lipinski definition) is 7. The standard InChI is InChI=1S/C29H35N3O5S/c1-3-4-13-23(25(33)26(34)30-20(2)21-11-6-5-7-12-21)31-27(35)36-18-29(16-10-17-29)19-38-28-32-22-14-8-9-15-24(22)37-28/h5-9,11-12,14-15,20,23H,3-4,10,13,16-19H2,1-2H3,(H,30,34)(H,31,35)/t20-,23+/m1/s1. The van der Waals surface area contributed by atoms with Crippen molar-refractivity contribution >= 4 is 40.6 Å². The van der Waals surface area contributed by atoms with Crippen LogP contribution in [0.5, 0.6) is 0 Å². The zero-order valence-corrected chi connectivity index (χ0v) is 22.7. The number of aromatic nitrogens is 1. The topological polar surface area (TPSA) is 111 Å². The molecule has 0 aliphatic heterocycles. The lowest BCUT2D eigenvalue weighted by molar-refractivity contribution is -0.139. The number of para-hydroxylation sites is 2. The number of ketones is 1. The fourth-order valence-corrected chi connectivity index (χ4v) is 5.58. The van der Waals surface area contributed by atoms with Crippen molar-refractivity contribution in [1.29, 1.82) is 0 Å². The largest absolute Gasteiger partial charge is 0.449 e. The van der Waals surface area contributed by atoms with Gasteiger partial charge in [0.2, 0.25) is 5.78 Å². The number of benzene rings is 2. The highest BCUT2D eigenvalue weighted by molar-refractivity contribution is 7.99. The third-order valence-electron chi connectivity index (χ3n) is 7.03. The molecule has 1 aliphatic rings. The van der Waals surface area contributed by atoms with Crippen molar-refractivity contribution in [2.24, 2.45) is 5.41 Å². The van der Waals surface area contributed by atoms with Gasteiger partial charge < -0.3 is 19.8 Å². The summed E-state index contributed by atoms with van der Waals surface area (Å²) in [6, 6.07) is 15.8. The van der Waals surface area contributed by atoms with Crippen LogP contribution in [0.3, 0.4) is 0 Å². The molecule has 8 nitrogen and oxygen atoms in total. The van der Waals surface area contributed by atoms with Gasteiger partial charge in [0.15, 0.2) is 5.58 Å². The van der Waals surface area contributed by atoms with Crippen molar-refractivity contribution in [1.82, 2.24) is 15.6 Å². The van der Waals surface area contributed by atoms with E-state index in [0.29, 0.717) is 23.8 Å². The van der Waals surface area contributed by atoms with Crippen LogP contribution in [-0.4, -0.2) is 41.2 Å². The number of carbonyl (C=O) groups is 3. The Morgan fingerprint density at radius 3 is 2.50 bits per heavy atom. The molecule has 2 N–H and O–H groups in total. The lowest BCUT2D eigenvalue weighted by Crippen LogP contribution is -2.49. The summed E-state index contributed by atoms with van der Waals surface area (Å²) in [6.45, 7) is 4.05. The van der Waals surface area contributed by atoms with E-state index in [1.54, 1.807) is 0 Å². The lowest BCUT2D eigenvalue weighted by Gasteiger charge is -2.40. The van der Waals surface area contributed by atoms with Crippen LogP contribution in [0.2, 0.25) is 0 Å². The van der Waals surface area contributed by atoms with Gasteiger partial charge in [0, 0.05) is 11.2 Å². The molecule has 0 spiro atoms. The Labute approximate surface area is 227 Å². The molecule has 1 saturated carbocycles. The number of oxazole rings is 1. The molecular formula is C29H35N3O5S. The van der Waals surface area contributed by atoms with Crippen LogP contribution in [0.15, 0.2) is 64.2 Å². The predicted molar refractivity (Wildman–Crippen MR) is 147 cm³/mol. The van der Waals surface area contributed by atoms with Crippen molar-refractivity contribution in [2.75, 3.05) is 12.4 Å². The lowest BCUT2D eigenvalue weighted by atomic mass is 9.71. The Hall–Kier alpha value is -3.33. The first-order chi connectivity index (χ1) is 18.4. The van der Waals surface area contributed by atoms with E-state index < -0.39 is 23.8 Å². The average molecular weight is 538 g/mol. The van der Waals surface area contributed by atoms with E-state index in [4.69, 9.17) is 9.15 Å². The van der Waals surface area contributed by atoms with Crippen molar-refractivity contribution in [3.63, 3.8) is 0 Å². The maximum absolute atomic E-state index is 13.0. The number of ether oxygens (including phenoxy) is 1. The third-order valence-corrected chi connectivity index (χ3v) is 8.20. The minimum Gasteiger partial charge on any atom is -0.449 e. The van der Waals surface area contributed by atoms with Gasteiger partial charge >= 0.3 is 6.09 Å². The Kier molecular flexibility index (Phi) is 9.44. The molecule has 1 aromatic heterocycles. The molecule has 9 heteroatoms. The fourth-order valence-electron chi connectivity index (χ4n) is 4.47. The maximum atomic E-state index is 13.0. The number of amides is 2. The van der Waals surface area contributed by atoms with Gasteiger partial charge in [-0.25, -0.2) is 9.78 Å².